The van der Waals surface area contributed by atoms with Gasteiger partial charge in [-0.1, -0.05) is 24.9 Å². The number of carbonyl (C=O) groups is 2. The van der Waals surface area contributed by atoms with Crippen molar-refractivity contribution in [1.82, 2.24) is 15.2 Å². The molecule has 0 aromatic carbocycles. The maximum Gasteiger partial charge on any atom is 0.245 e. The van der Waals surface area contributed by atoms with Gasteiger partial charge in [-0.2, -0.15) is 0 Å². The molecule has 1 N–H and O–H groups in total. The van der Waals surface area contributed by atoms with Crippen molar-refractivity contribution in [3.05, 3.63) is 29.0 Å². The predicted octanol–water partition coefficient (Wildman–Crippen LogP) is 1.75. The second kappa shape index (κ2) is 6.70. The molecule has 0 bridgehead atoms. The van der Waals surface area contributed by atoms with Gasteiger partial charge in [0.15, 0.2) is 0 Å². The van der Waals surface area contributed by atoms with Crippen LogP contribution >= 0.6 is 11.6 Å². The summed E-state index contributed by atoms with van der Waals surface area (Å²) in [6, 6.07) is 1.38. The van der Waals surface area contributed by atoms with Gasteiger partial charge in [-0.25, -0.2) is 0 Å². The van der Waals surface area contributed by atoms with Gasteiger partial charge in [0.25, 0.3) is 0 Å². The lowest BCUT2D eigenvalue weighted by Gasteiger charge is -2.24. The molecule has 1 saturated heterocycles. The van der Waals surface area contributed by atoms with Crippen molar-refractivity contribution in [2.45, 2.75) is 38.8 Å². The molecule has 1 aliphatic heterocycles. The summed E-state index contributed by atoms with van der Waals surface area (Å²) in [5, 5.41) is 3.32. The van der Waals surface area contributed by atoms with E-state index in [1.807, 2.05) is 6.92 Å². The van der Waals surface area contributed by atoms with Crippen LogP contribution in [-0.2, 0) is 16.1 Å². The van der Waals surface area contributed by atoms with Gasteiger partial charge in [-0.05, 0) is 18.1 Å². The van der Waals surface area contributed by atoms with Crippen LogP contribution in [0.4, 0.5) is 0 Å². The van der Waals surface area contributed by atoms with Gasteiger partial charge in [0, 0.05) is 31.9 Å². The van der Waals surface area contributed by atoms with Crippen molar-refractivity contribution in [3.8, 4) is 0 Å². The highest BCUT2D eigenvalue weighted by atomic mass is 35.5. The number of aromatic nitrogens is 1. The molecule has 6 heteroatoms. The van der Waals surface area contributed by atoms with Crippen molar-refractivity contribution in [3.63, 3.8) is 0 Å². The molecule has 2 heterocycles. The summed E-state index contributed by atoms with van der Waals surface area (Å²) in [6.45, 7) is 2.83. The average molecular weight is 296 g/mol. The summed E-state index contributed by atoms with van der Waals surface area (Å²) >= 11 is 6.08. The molecule has 0 saturated carbocycles. The number of hydrogen-bond acceptors (Lipinski definition) is 3. The fourth-order valence-electron chi connectivity index (χ4n) is 2.27. The Balaban J connectivity index is 2.15. The van der Waals surface area contributed by atoms with Crippen LogP contribution in [0.5, 0.6) is 0 Å². The Morgan fingerprint density at radius 2 is 2.30 bits per heavy atom. The van der Waals surface area contributed by atoms with Crippen LogP contribution < -0.4 is 5.32 Å². The molecular weight excluding hydrogens is 278 g/mol. The van der Waals surface area contributed by atoms with E-state index in [0.717, 1.165) is 12.0 Å². The lowest BCUT2D eigenvalue weighted by atomic mass is 10.1. The molecule has 108 valence electrons. The largest absolute Gasteiger partial charge is 0.344 e. The van der Waals surface area contributed by atoms with Crippen LogP contribution in [0, 0.1) is 0 Å². The SMILES string of the molecule is CCCC1NC(=O)CCN(Cc2ccncc2Cl)C1=O. The van der Waals surface area contributed by atoms with Crippen molar-refractivity contribution in [1.29, 1.82) is 0 Å². The maximum atomic E-state index is 12.4. The molecule has 1 fully saturated rings. The smallest absolute Gasteiger partial charge is 0.245 e. The fraction of sp³-hybridized carbons (Fsp3) is 0.500. The summed E-state index contributed by atoms with van der Waals surface area (Å²) in [5.41, 5.74) is 0.847. The highest BCUT2D eigenvalue weighted by Crippen LogP contribution is 2.18. The summed E-state index contributed by atoms with van der Waals surface area (Å²) in [6.07, 6.45) is 5.04. The number of nitrogens with one attached hydrogen (secondary N) is 1. The van der Waals surface area contributed by atoms with E-state index in [2.05, 4.69) is 10.3 Å². The van der Waals surface area contributed by atoms with Crippen LogP contribution in [0.15, 0.2) is 18.5 Å². The minimum absolute atomic E-state index is 0.0365. The van der Waals surface area contributed by atoms with E-state index in [0.29, 0.717) is 31.0 Å². The Morgan fingerprint density at radius 1 is 1.50 bits per heavy atom. The number of carbonyl (C=O) groups excluding carboxylic acids is 2. The second-order valence-electron chi connectivity index (χ2n) is 4.89. The van der Waals surface area contributed by atoms with E-state index in [-0.39, 0.29) is 11.8 Å². The first-order valence-corrected chi connectivity index (χ1v) is 7.16. The Labute approximate surface area is 123 Å². The van der Waals surface area contributed by atoms with Crippen LogP contribution in [0.2, 0.25) is 5.02 Å². The van der Waals surface area contributed by atoms with Crippen LogP contribution in [0.3, 0.4) is 0 Å². The first kappa shape index (κ1) is 14.8. The average Bonchev–Trinajstić information content (AvgIpc) is 2.55. The Morgan fingerprint density at radius 3 is 3.00 bits per heavy atom. The molecule has 1 aliphatic rings. The summed E-state index contributed by atoms with van der Waals surface area (Å²) in [7, 11) is 0. The van der Waals surface area contributed by atoms with E-state index in [1.54, 1.807) is 23.4 Å². The third-order valence-electron chi connectivity index (χ3n) is 3.35. The van der Waals surface area contributed by atoms with E-state index in [1.165, 1.54) is 0 Å². The Hall–Kier alpha value is -1.62. The Kier molecular flexibility index (Phi) is 4.95. The molecule has 1 aromatic rings. The van der Waals surface area contributed by atoms with Gasteiger partial charge in [-0.3, -0.25) is 14.6 Å². The van der Waals surface area contributed by atoms with E-state index in [9.17, 15) is 9.59 Å². The zero-order chi connectivity index (χ0) is 14.5. The fourth-order valence-corrected chi connectivity index (χ4v) is 2.45. The molecule has 1 aromatic heterocycles. The summed E-state index contributed by atoms with van der Waals surface area (Å²) in [4.78, 5) is 29.7. The number of halogens is 1. The highest BCUT2D eigenvalue weighted by Gasteiger charge is 2.29. The van der Waals surface area contributed by atoms with Crippen molar-refractivity contribution >= 4 is 23.4 Å². The van der Waals surface area contributed by atoms with Gasteiger partial charge in [0.2, 0.25) is 11.8 Å². The van der Waals surface area contributed by atoms with Gasteiger partial charge in [0.05, 0.1) is 5.02 Å². The van der Waals surface area contributed by atoms with Crippen molar-refractivity contribution < 1.29 is 9.59 Å². The summed E-state index contributed by atoms with van der Waals surface area (Å²) in [5.74, 6) is -0.106. The summed E-state index contributed by atoms with van der Waals surface area (Å²) < 4.78 is 0. The van der Waals surface area contributed by atoms with E-state index >= 15 is 0 Å². The molecule has 1 unspecified atom stereocenters. The standard InChI is InChI=1S/C14H18ClN3O2/c1-2-3-12-14(20)18(7-5-13(19)17-12)9-10-4-6-16-8-11(10)15/h4,6,8,12H,2-3,5,7,9H2,1H3,(H,17,19). The lowest BCUT2D eigenvalue weighted by molar-refractivity contribution is -0.134. The molecule has 20 heavy (non-hydrogen) atoms. The molecule has 0 radical (unpaired) electrons. The zero-order valence-electron chi connectivity index (χ0n) is 11.4. The number of nitrogens with zero attached hydrogens (tertiary/aromatic N) is 2. The quantitative estimate of drug-likeness (QED) is 0.920. The molecule has 2 rings (SSSR count). The zero-order valence-corrected chi connectivity index (χ0v) is 12.2. The van der Waals surface area contributed by atoms with Gasteiger partial charge in [-0.15, -0.1) is 0 Å². The number of rotatable bonds is 4. The molecular formula is C14H18ClN3O2. The normalized spacial score (nSPS) is 19.7. The number of pyridine rings is 1. The number of hydrogen-bond donors (Lipinski definition) is 1. The second-order valence-corrected chi connectivity index (χ2v) is 5.29. The molecule has 5 nitrogen and oxygen atoms in total. The van der Waals surface area contributed by atoms with Crippen molar-refractivity contribution in [2.75, 3.05) is 6.54 Å². The van der Waals surface area contributed by atoms with Gasteiger partial charge < -0.3 is 10.2 Å². The minimum atomic E-state index is -0.421. The Bertz CT molecular complexity index is 507. The van der Waals surface area contributed by atoms with E-state index in [4.69, 9.17) is 11.6 Å². The third-order valence-corrected chi connectivity index (χ3v) is 3.69. The van der Waals surface area contributed by atoms with Crippen LogP contribution in [0.1, 0.15) is 31.7 Å². The van der Waals surface area contributed by atoms with Gasteiger partial charge >= 0.3 is 0 Å². The number of amides is 2. The van der Waals surface area contributed by atoms with E-state index < -0.39 is 6.04 Å². The lowest BCUT2D eigenvalue weighted by Crippen LogP contribution is -2.44. The van der Waals surface area contributed by atoms with Crippen LogP contribution in [-0.4, -0.2) is 34.3 Å². The highest BCUT2D eigenvalue weighted by molar-refractivity contribution is 6.31. The topological polar surface area (TPSA) is 62.3 Å². The molecule has 2 amide bonds. The molecule has 1 atom stereocenters. The van der Waals surface area contributed by atoms with Crippen LogP contribution in [0.25, 0.3) is 0 Å². The van der Waals surface area contributed by atoms with Gasteiger partial charge in [0.1, 0.15) is 6.04 Å². The minimum Gasteiger partial charge on any atom is -0.344 e. The maximum absolute atomic E-state index is 12.4. The van der Waals surface area contributed by atoms with Crippen molar-refractivity contribution in [2.24, 2.45) is 0 Å². The monoisotopic (exact) mass is 295 g/mol. The third kappa shape index (κ3) is 3.48. The molecule has 0 aliphatic carbocycles. The first-order valence-electron chi connectivity index (χ1n) is 6.78. The first-order chi connectivity index (χ1) is 9.61. The molecule has 0 spiro atoms. The predicted molar refractivity (Wildman–Crippen MR) is 76.1 cm³/mol.